The number of hydrogen-bond acceptors (Lipinski definition) is 6. The van der Waals surface area contributed by atoms with Crippen LogP contribution < -0.4 is 20.2 Å². The van der Waals surface area contributed by atoms with E-state index in [1.165, 1.54) is 0 Å². The molecule has 0 fully saturated rings. The number of fused-ring (bicyclic) bond motifs is 2. The van der Waals surface area contributed by atoms with Crippen LogP contribution in [0.3, 0.4) is 0 Å². The molecular formula is C19H16N4O3S. The number of ether oxygens (including phenoxy) is 2. The standard InChI is InChI=1S/C19H16N4O3S/c24-18-7-13-6-12(2-3-14(13)21-18)15-9-27-19(23-22-15)20-8-11-1-4-16-17(5-11)26-10-25-16/h1-6H,7-10H2,(H,20,23)(H,21,24). The molecule has 27 heavy (non-hydrogen) atoms. The number of amides is 1. The molecule has 0 saturated heterocycles. The number of thioether (sulfide) groups is 1. The molecule has 5 rings (SSSR count). The first-order chi connectivity index (χ1) is 13.2. The molecule has 3 heterocycles. The summed E-state index contributed by atoms with van der Waals surface area (Å²) >= 11 is 1.61. The molecule has 3 aliphatic rings. The van der Waals surface area contributed by atoms with Gasteiger partial charge < -0.3 is 14.8 Å². The molecule has 0 radical (unpaired) electrons. The number of rotatable bonds is 3. The fourth-order valence-corrected chi connectivity index (χ4v) is 3.93. The van der Waals surface area contributed by atoms with E-state index in [2.05, 4.69) is 20.8 Å². The topological polar surface area (TPSA) is 84.3 Å². The molecule has 136 valence electrons. The van der Waals surface area contributed by atoms with E-state index in [0.29, 0.717) is 13.0 Å². The van der Waals surface area contributed by atoms with Crippen molar-refractivity contribution >= 4 is 34.2 Å². The van der Waals surface area contributed by atoms with Crippen LogP contribution in [0.2, 0.25) is 0 Å². The number of amidine groups is 1. The first-order valence-corrected chi connectivity index (χ1v) is 9.55. The smallest absolute Gasteiger partial charge is 0.231 e. The number of nitrogens with zero attached hydrogens (tertiary/aromatic N) is 2. The van der Waals surface area contributed by atoms with E-state index in [4.69, 9.17) is 9.47 Å². The van der Waals surface area contributed by atoms with E-state index in [9.17, 15) is 4.79 Å². The van der Waals surface area contributed by atoms with Gasteiger partial charge in [0.1, 0.15) is 0 Å². The first kappa shape index (κ1) is 16.2. The third-order valence-corrected chi connectivity index (χ3v) is 5.45. The van der Waals surface area contributed by atoms with Crippen LogP contribution in [0.1, 0.15) is 16.7 Å². The molecule has 0 unspecified atom stereocenters. The minimum atomic E-state index is 0.0400. The van der Waals surface area contributed by atoms with Gasteiger partial charge in [-0.05, 0) is 41.0 Å². The minimum absolute atomic E-state index is 0.0400. The molecule has 2 N–H and O–H groups in total. The number of benzene rings is 2. The van der Waals surface area contributed by atoms with Crippen LogP contribution in [0.5, 0.6) is 11.5 Å². The van der Waals surface area contributed by atoms with Crippen molar-refractivity contribution in [2.75, 3.05) is 17.9 Å². The van der Waals surface area contributed by atoms with E-state index in [0.717, 1.165) is 50.5 Å². The lowest BCUT2D eigenvalue weighted by atomic mass is 10.1. The maximum absolute atomic E-state index is 11.5. The number of hydrogen-bond donors (Lipinski definition) is 2. The second-order valence-electron chi connectivity index (χ2n) is 6.36. The highest BCUT2D eigenvalue weighted by atomic mass is 32.2. The summed E-state index contributed by atoms with van der Waals surface area (Å²) in [6, 6.07) is 11.8. The van der Waals surface area contributed by atoms with E-state index in [-0.39, 0.29) is 12.7 Å². The summed E-state index contributed by atoms with van der Waals surface area (Å²) < 4.78 is 10.7. The van der Waals surface area contributed by atoms with Gasteiger partial charge in [0.2, 0.25) is 12.7 Å². The van der Waals surface area contributed by atoms with E-state index in [1.807, 2.05) is 36.4 Å². The van der Waals surface area contributed by atoms with E-state index < -0.39 is 0 Å². The van der Waals surface area contributed by atoms with Gasteiger partial charge in [-0.2, -0.15) is 5.10 Å². The predicted octanol–water partition coefficient (Wildman–Crippen LogP) is 2.51. The molecule has 1 amide bonds. The van der Waals surface area contributed by atoms with Gasteiger partial charge >= 0.3 is 0 Å². The van der Waals surface area contributed by atoms with Gasteiger partial charge in [-0.15, -0.1) is 0 Å². The van der Waals surface area contributed by atoms with Gasteiger partial charge in [0.15, 0.2) is 16.7 Å². The first-order valence-electron chi connectivity index (χ1n) is 8.56. The Kier molecular flexibility index (Phi) is 3.97. The maximum atomic E-state index is 11.5. The van der Waals surface area contributed by atoms with Crippen LogP contribution in [-0.4, -0.2) is 29.3 Å². The van der Waals surface area contributed by atoms with Crippen molar-refractivity contribution in [2.24, 2.45) is 10.1 Å². The van der Waals surface area contributed by atoms with Gasteiger partial charge in [0.05, 0.1) is 18.7 Å². The van der Waals surface area contributed by atoms with Crippen LogP contribution in [0.15, 0.2) is 46.5 Å². The Morgan fingerprint density at radius 3 is 2.96 bits per heavy atom. The zero-order valence-electron chi connectivity index (χ0n) is 14.3. The highest BCUT2D eigenvalue weighted by molar-refractivity contribution is 8.14. The Bertz CT molecular complexity index is 1000. The molecule has 0 bridgehead atoms. The molecule has 0 aromatic heterocycles. The van der Waals surface area contributed by atoms with E-state index >= 15 is 0 Å². The summed E-state index contributed by atoms with van der Waals surface area (Å²) in [6.45, 7) is 0.818. The van der Waals surface area contributed by atoms with Crippen molar-refractivity contribution in [2.45, 2.75) is 13.0 Å². The van der Waals surface area contributed by atoms with Crippen molar-refractivity contribution in [1.29, 1.82) is 0 Å². The highest BCUT2D eigenvalue weighted by Gasteiger charge is 2.20. The quantitative estimate of drug-likeness (QED) is 0.855. The van der Waals surface area contributed by atoms with Gasteiger partial charge in [-0.3, -0.25) is 15.2 Å². The lowest BCUT2D eigenvalue weighted by Crippen LogP contribution is -2.25. The molecule has 3 aliphatic heterocycles. The zero-order valence-corrected chi connectivity index (χ0v) is 15.1. The zero-order chi connectivity index (χ0) is 18.2. The Hall–Kier alpha value is -3.00. The molecule has 7 nitrogen and oxygen atoms in total. The van der Waals surface area contributed by atoms with Gasteiger partial charge in [-0.25, -0.2) is 0 Å². The number of hydrazone groups is 1. The van der Waals surface area contributed by atoms with Crippen LogP contribution in [-0.2, 0) is 17.8 Å². The molecular weight excluding hydrogens is 364 g/mol. The second-order valence-corrected chi connectivity index (χ2v) is 7.33. The van der Waals surface area contributed by atoms with Crippen molar-refractivity contribution < 1.29 is 14.3 Å². The molecule has 0 spiro atoms. The second kappa shape index (κ2) is 6.62. The number of carbonyl (C=O) groups excluding carboxylic acids is 1. The van der Waals surface area contributed by atoms with Crippen molar-refractivity contribution in [3.05, 3.63) is 53.1 Å². The summed E-state index contributed by atoms with van der Waals surface area (Å²) in [7, 11) is 0. The van der Waals surface area contributed by atoms with E-state index in [1.54, 1.807) is 11.8 Å². The predicted molar refractivity (Wildman–Crippen MR) is 105 cm³/mol. The monoisotopic (exact) mass is 380 g/mol. The summed E-state index contributed by atoms with van der Waals surface area (Å²) in [5.41, 5.74) is 7.98. The Labute approximate surface area is 159 Å². The van der Waals surface area contributed by atoms with Crippen LogP contribution >= 0.6 is 11.8 Å². The molecule has 2 aromatic rings. The summed E-state index contributed by atoms with van der Waals surface area (Å²) in [4.78, 5) is 16.1. The van der Waals surface area contributed by atoms with Gasteiger partial charge in [0.25, 0.3) is 0 Å². The highest BCUT2D eigenvalue weighted by Crippen LogP contribution is 2.32. The summed E-state index contributed by atoms with van der Waals surface area (Å²) in [5, 5.41) is 8.09. The number of nitrogens with one attached hydrogen (secondary N) is 2. The molecule has 8 heteroatoms. The molecule has 0 saturated carbocycles. The third kappa shape index (κ3) is 3.23. The fraction of sp³-hybridized carbons (Fsp3) is 0.211. The van der Waals surface area contributed by atoms with Crippen LogP contribution in [0.25, 0.3) is 0 Å². The largest absolute Gasteiger partial charge is 0.454 e. The average molecular weight is 380 g/mol. The molecule has 0 aliphatic carbocycles. The number of anilines is 1. The van der Waals surface area contributed by atoms with Crippen molar-refractivity contribution in [3.8, 4) is 11.5 Å². The lowest BCUT2D eigenvalue weighted by Gasteiger charge is -2.15. The maximum Gasteiger partial charge on any atom is 0.231 e. The SMILES string of the molecule is O=C1Cc2cc(C3=NNC(=NCc4ccc5c(c4)OCO5)SC3)ccc2N1. The number of aliphatic imine (C=N–C) groups is 1. The number of carbonyl (C=O) groups is 1. The van der Waals surface area contributed by atoms with Crippen LogP contribution in [0, 0.1) is 0 Å². The lowest BCUT2D eigenvalue weighted by molar-refractivity contribution is -0.115. The summed E-state index contributed by atoms with van der Waals surface area (Å²) in [6.07, 6.45) is 0.430. The Morgan fingerprint density at radius 2 is 2.07 bits per heavy atom. The van der Waals surface area contributed by atoms with Crippen molar-refractivity contribution in [3.63, 3.8) is 0 Å². The normalized spacial score (nSPS) is 18.7. The minimum Gasteiger partial charge on any atom is -0.454 e. The fourth-order valence-electron chi connectivity index (χ4n) is 3.16. The van der Waals surface area contributed by atoms with Gasteiger partial charge in [0, 0.05) is 11.4 Å². The van der Waals surface area contributed by atoms with Crippen molar-refractivity contribution in [1.82, 2.24) is 5.43 Å². The van der Waals surface area contributed by atoms with Gasteiger partial charge in [-0.1, -0.05) is 23.9 Å². The van der Waals surface area contributed by atoms with Crippen LogP contribution in [0.4, 0.5) is 5.69 Å². The Balaban J connectivity index is 1.26. The summed E-state index contributed by atoms with van der Waals surface area (Å²) in [5.74, 6) is 2.31. The molecule has 2 aromatic carbocycles. The Morgan fingerprint density at radius 1 is 1.15 bits per heavy atom. The average Bonchev–Trinajstić information content (AvgIpc) is 3.30. The third-order valence-electron chi connectivity index (χ3n) is 4.54. The molecule has 0 atom stereocenters.